The summed E-state index contributed by atoms with van der Waals surface area (Å²) in [7, 11) is 1.29. The fourth-order valence-electron chi connectivity index (χ4n) is 1.95. The average Bonchev–Trinajstić information content (AvgIpc) is 2.65. The number of rotatable bonds is 6. The van der Waals surface area contributed by atoms with Crippen LogP contribution >= 0.6 is 22.6 Å². The van der Waals surface area contributed by atoms with Crippen LogP contribution in [-0.2, 0) is 14.3 Å². The third kappa shape index (κ3) is 5.60. The van der Waals surface area contributed by atoms with Crippen LogP contribution in [0.4, 0.5) is 5.69 Å². The van der Waals surface area contributed by atoms with Gasteiger partial charge in [-0.1, -0.05) is 24.3 Å². The summed E-state index contributed by atoms with van der Waals surface area (Å²) in [5.74, 6) is -0.450. The maximum Gasteiger partial charge on any atom is 0.343 e. The molecule has 0 unspecified atom stereocenters. The predicted octanol–water partition coefficient (Wildman–Crippen LogP) is 3.39. The molecule has 1 amide bonds. The summed E-state index contributed by atoms with van der Waals surface area (Å²) >= 11 is 2.05. The van der Waals surface area contributed by atoms with E-state index in [0.717, 1.165) is 3.57 Å². The maximum atomic E-state index is 12.2. The van der Waals surface area contributed by atoms with Gasteiger partial charge in [-0.15, -0.1) is 0 Å². The van der Waals surface area contributed by atoms with Crippen molar-refractivity contribution in [3.8, 4) is 11.8 Å². The van der Waals surface area contributed by atoms with Gasteiger partial charge in [-0.05, 0) is 58.5 Å². The van der Waals surface area contributed by atoms with Gasteiger partial charge in [0.05, 0.1) is 10.7 Å². The summed E-state index contributed by atoms with van der Waals surface area (Å²) in [5, 5.41) is 11.9. The van der Waals surface area contributed by atoms with E-state index in [1.54, 1.807) is 42.5 Å². The molecule has 0 spiro atoms. The zero-order valence-corrected chi connectivity index (χ0v) is 16.0. The van der Waals surface area contributed by atoms with Gasteiger partial charge < -0.3 is 14.8 Å². The minimum Gasteiger partial charge on any atom is -0.481 e. The molecule has 26 heavy (non-hydrogen) atoms. The second-order valence-corrected chi connectivity index (χ2v) is 6.21. The highest BCUT2D eigenvalue weighted by Crippen LogP contribution is 2.23. The zero-order chi connectivity index (χ0) is 18.9. The molecular weight excluding hydrogens is 447 g/mol. The van der Waals surface area contributed by atoms with Crippen LogP contribution in [0.1, 0.15) is 5.56 Å². The summed E-state index contributed by atoms with van der Waals surface area (Å²) < 4.78 is 10.6. The molecule has 7 heteroatoms. The number of nitrogens with zero attached hydrogens (tertiary/aromatic N) is 1. The number of nitrogens with one attached hydrogen (secondary N) is 1. The van der Waals surface area contributed by atoms with E-state index in [2.05, 4.69) is 10.1 Å². The fraction of sp³-hybridized carbons (Fsp3) is 0.105. The number of benzene rings is 2. The number of anilines is 1. The summed E-state index contributed by atoms with van der Waals surface area (Å²) in [6, 6.07) is 15.9. The molecule has 2 aromatic rings. The van der Waals surface area contributed by atoms with Gasteiger partial charge in [0.15, 0.2) is 6.61 Å². The second-order valence-electron chi connectivity index (χ2n) is 5.04. The van der Waals surface area contributed by atoms with E-state index < -0.39 is 11.9 Å². The van der Waals surface area contributed by atoms with Crippen molar-refractivity contribution >= 4 is 46.2 Å². The number of ether oxygens (including phenoxy) is 2. The van der Waals surface area contributed by atoms with Crippen molar-refractivity contribution in [2.75, 3.05) is 19.0 Å². The van der Waals surface area contributed by atoms with E-state index >= 15 is 0 Å². The van der Waals surface area contributed by atoms with Crippen LogP contribution in [-0.4, -0.2) is 25.6 Å². The quantitative estimate of drug-likeness (QED) is 0.308. The highest BCUT2D eigenvalue weighted by Gasteiger charge is 2.11. The fourth-order valence-corrected chi connectivity index (χ4v) is 2.65. The van der Waals surface area contributed by atoms with Crippen molar-refractivity contribution in [1.82, 2.24) is 0 Å². The molecule has 0 aromatic heterocycles. The van der Waals surface area contributed by atoms with Crippen LogP contribution in [0.2, 0.25) is 0 Å². The summed E-state index contributed by atoms with van der Waals surface area (Å²) in [6.07, 6.45) is 1.49. The highest BCUT2D eigenvalue weighted by molar-refractivity contribution is 14.1. The molecule has 0 bridgehead atoms. The first-order valence-corrected chi connectivity index (χ1v) is 8.58. The standard InChI is InChI=1S/C19H15IN2O4/c1-25-18(23)12-26-17-8-7-13(10-16(17)20)9-14(11-21)19(24)22-15-5-3-2-4-6-15/h2-10H,12H2,1H3,(H,22,24)/b14-9-. The lowest BCUT2D eigenvalue weighted by Crippen LogP contribution is -2.13. The van der Waals surface area contributed by atoms with Gasteiger partial charge in [-0.2, -0.15) is 5.26 Å². The molecule has 0 saturated carbocycles. The third-order valence-electron chi connectivity index (χ3n) is 3.24. The third-order valence-corrected chi connectivity index (χ3v) is 4.08. The Balaban J connectivity index is 2.13. The van der Waals surface area contributed by atoms with Gasteiger partial charge >= 0.3 is 5.97 Å². The number of hydrogen-bond donors (Lipinski definition) is 1. The number of carbonyl (C=O) groups is 2. The molecule has 0 aliphatic heterocycles. The van der Waals surface area contributed by atoms with E-state index in [0.29, 0.717) is 17.0 Å². The number of amides is 1. The van der Waals surface area contributed by atoms with Crippen molar-refractivity contribution in [3.05, 3.63) is 63.2 Å². The first-order chi connectivity index (χ1) is 12.5. The SMILES string of the molecule is COC(=O)COc1ccc(/C=C(/C#N)C(=O)Nc2ccccc2)cc1I. The number of nitriles is 1. The molecule has 0 heterocycles. The van der Waals surface area contributed by atoms with Gasteiger partial charge in [0.2, 0.25) is 0 Å². The summed E-state index contributed by atoms with van der Waals surface area (Å²) in [6.45, 7) is -0.190. The van der Waals surface area contributed by atoms with Crippen molar-refractivity contribution < 1.29 is 19.1 Å². The van der Waals surface area contributed by atoms with Gasteiger partial charge in [0.1, 0.15) is 17.4 Å². The lowest BCUT2D eigenvalue weighted by atomic mass is 10.1. The number of esters is 1. The number of hydrogen-bond acceptors (Lipinski definition) is 5. The Kier molecular flexibility index (Phi) is 7.17. The van der Waals surface area contributed by atoms with E-state index in [-0.39, 0.29) is 12.2 Å². The van der Waals surface area contributed by atoms with E-state index in [1.807, 2.05) is 34.7 Å². The Hall–Kier alpha value is -2.86. The molecule has 0 saturated heterocycles. The Morgan fingerprint density at radius 1 is 1.23 bits per heavy atom. The van der Waals surface area contributed by atoms with Crippen LogP contribution in [0.5, 0.6) is 5.75 Å². The molecular formula is C19H15IN2O4. The molecule has 2 rings (SSSR count). The van der Waals surface area contributed by atoms with Crippen molar-refractivity contribution in [3.63, 3.8) is 0 Å². The minimum absolute atomic E-state index is 0.0205. The number of carbonyl (C=O) groups excluding carboxylic acids is 2. The molecule has 0 atom stereocenters. The normalized spacial score (nSPS) is 10.6. The average molecular weight is 462 g/mol. The summed E-state index contributed by atoms with van der Waals surface area (Å²) in [5.41, 5.74) is 1.26. The smallest absolute Gasteiger partial charge is 0.343 e. The number of para-hydroxylation sites is 1. The van der Waals surface area contributed by atoms with E-state index in [1.165, 1.54) is 13.2 Å². The van der Waals surface area contributed by atoms with Crippen molar-refractivity contribution in [1.29, 1.82) is 5.26 Å². The topological polar surface area (TPSA) is 88.4 Å². The van der Waals surface area contributed by atoms with Crippen LogP contribution in [0.3, 0.4) is 0 Å². The Morgan fingerprint density at radius 3 is 2.58 bits per heavy atom. The first-order valence-electron chi connectivity index (χ1n) is 7.51. The van der Waals surface area contributed by atoms with Crippen LogP contribution < -0.4 is 10.1 Å². The van der Waals surface area contributed by atoms with Crippen LogP contribution in [0, 0.1) is 14.9 Å². The van der Waals surface area contributed by atoms with Gasteiger partial charge in [0, 0.05) is 5.69 Å². The second kappa shape index (κ2) is 9.58. The lowest BCUT2D eigenvalue weighted by molar-refractivity contribution is -0.142. The molecule has 6 nitrogen and oxygen atoms in total. The molecule has 132 valence electrons. The molecule has 0 fully saturated rings. The Morgan fingerprint density at radius 2 is 1.96 bits per heavy atom. The van der Waals surface area contributed by atoms with E-state index in [4.69, 9.17) is 4.74 Å². The van der Waals surface area contributed by atoms with Gasteiger partial charge in [-0.25, -0.2) is 4.79 Å². The molecule has 2 aromatic carbocycles. The van der Waals surface area contributed by atoms with Crippen molar-refractivity contribution in [2.45, 2.75) is 0 Å². The van der Waals surface area contributed by atoms with Gasteiger partial charge in [-0.3, -0.25) is 4.79 Å². The largest absolute Gasteiger partial charge is 0.481 e. The lowest BCUT2D eigenvalue weighted by Gasteiger charge is -2.08. The zero-order valence-electron chi connectivity index (χ0n) is 13.9. The van der Waals surface area contributed by atoms with Gasteiger partial charge in [0.25, 0.3) is 5.91 Å². The van der Waals surface area contributed by atoms with Crippen molar-refractivity contribution in [2.24, 2.45) is 0 Å². The van der Waals surface area contributed by atoms with E-state index in [9.17, 15) is 14.9 Å². The molecule has 1 N–H and O–H groups in total. The monoisotopic (exact) mass is 462 g/mol. The maximum absolute atomic E-state index is 12.2. The Bertz CT molecular complexity index is 873. The highest BCUT2D eigenvalue weighted by atomic mass is 127. The molecule has 0 radical (unpaired) electrons. The number of methoxy groups -OCH3 is 1. The molecule has 0 aliphatic carbocycles. The summed E-state index contributed by atoms with van der Waals surface area (Å²) in [4.78, 5) is 23.4. The molecule has 0 aliphatic rings. The first kappa shape index (κ1) is 19.5. The Labute approximate surface area is 164 Å². The van der Waals surface area contributed by atoms with Crippen LogP contribution in [0.25, 0.3) is 6.08 Å². The number of halogens is 1. The minimum atomic E-state index is -0.486. The van der Waals surface area contributed by atoms with Crippen LogP contribution in [0.15, 0.2) is 54.1 Å². The predicted molar refractivity (Wildman–Crippen MR) is 105 cm³/mol.